The second-order valence-corrected chi connectivity index (χ2v) is 2.37. The highest BCUT2D eigenvalue weighted by Crippen LogP contribution is 2.00. The van der Waals surface area contributed by atoms with Crippen LogP contribution in [0.4, 0.5) is 0 Å². The van der Waals surface area contributed by atoms with Gasteiger partial charge in [0.1, 0.15) is 12.4 Å². The Balaban J connectivity index is 3.34. The predicted molar refractivity (Wildman–Crippen MR) is 39.2 cm³/mol. The molecule has 0 amide bonds. The van der Waals surface area contributed by atoms with Gasteiger partial charge < -0.3 is 19.7 Å². The maximum absolute atomic E-state index is 9.92. The van der Waals surface area contributed by atoms with E-state index in [9.17, 15) is 4.79 Å². The molecule has 11 heavy (non-hydrogen) atoms. The van der Waals surface area contributed by atoms with Crippen LogP contribution < -0.4 is 0 Å². The Morgan fingerprint density at radius 1 is 1.55 bits per heavy atom. The van der Waals surface area contributed by atoms with Gasteiger partial charge in [0.2, 0.25) is 0 Å². The predicted octanol–water partition coefficient (Wildman–Crippen LogP) is -0.666. The summed E-state index contributed by atoms with van der Waals surface area (Å²) in [6.45, 7) is 0.437. The van der Waals surface area contributed by atoms with Crippen molar-refractivity contribution >= 4 is 6.29 Å². The van der Waals surface area contributed by atoms with E-state index in [0.717, 1.165) is 0 Å². The first-order chi connectivity index (χ1) is 5.20. The Hall–Kier alpha value is -0.450. The summed E-state index contributed by atoms with van der Waals surface area (Å²) in [5.41, 5.74) is 0. The Morgan fingerprint density at radius 3 is 2.64 bits per heavy atom. The van der Waals surface area contributed by atoms with Crippen LogP contribution in [0.3, 0.4) is 0 Å². The molecule has 0 aromatic heterocycles. The highest BCUT2D eigenvalue weighted by atomic mass is 16.5. The lowest BCUT2D eigenvalue weighted by atomic mass is 10.1. The maximum atomic E-state index is 9.92. The molecule has 0 aromatic carbocycles. The van der Waals surface area contributed by atoms with Crippen LogP contribution >= 0.6 is 0 Å². The lowest BCUT2D eigenvalue weighted by Gasteiger charge is -2.10. The van der Waals surface area contributed by atoms with Gasteiger partial charge >= 0.3 is 0 Å². The number of aliphatic hydroxyl groups excluding tert-OH is 2. The van der Waals surface area contributed by atoms with Gasteiger partial charge in [-0.3, -0.25) is 0 Å². The SMILES string of the molecule is COCC[C@@H](O)C[C@@H](O)C=O. The number of carbonyl (C=O) groups is 1. The molecule has 0 radical (unpaired) electrons. The summed E-state index contributed by atoms with van der Waals surface area (Å²) < 4.78 is 4.70. The molecule has 4 nitrogen and oxygen atoms in total. The highest BCUT2D eigenvalue weighted by Gasteiger charge is 2.09. The molecule has 0 bridgehead atoms. The van der Waals surface area contributed by atoms with Crippen molar-refractivity contribution in [1.82, 2.24) is 0 Å². The average molecular weight is 162 g/mol. The normalized spacial score (nSPS) is 15.9. The summed E-state index contributed by atoms with van der Waals surface area (Å²) in [6.07, 6.45) is -0.762. The smallest absolute Gasteiger partial charge is 0.148 e. The molecule has 0 rings (SSSR count). The second kappa shape index (κ2) is 6.27. The van der Waals surface area contributed by atoms with Crippen LogP contribution in [0.25, 0.3) is 0 Å². The van der Waals surface area contributed by atoms with Crippen LogP contribution in [0, 0.1) is 0 Å². The highest BCUT2D eigenvalue weighted by molar-refractivity contribution is 5.55. The van der Waals surface area contributed by atoms with Gasteiger partial charge in [-0.05, 0) is 6.42 Å². The summed E-state index contributed by atoms with van der Waals surface area (Å²) in [7, 11) is 1.53. The van der Waals surface area contributed by atoms with Crippen molar-refractivity contribution in [2.75, 3.05) is 13.7 Å². The molecule has 0 fully saturated rings. The molecule has 0 aliphatic carbocycles. The van der Waals surface area contributed by atoms with Crippen LogP contribution in [0.15, 0.2) is 0 Å². The molecule has 2 atom stereocenters. The Morgan fingerprint density at radius 2 is 2.18 bits per heavy atom. The van der Waals surface area contributed by atoms with E-state index < -0.39 is 12.2 Å². The number of ether oxygens (including phenoxy) is 1. The maximum Gasteiger partial charge on any atom is 0.148 e. The van der Waals surface area contributed by atoms with Gasteiger partial charge in [-0.15, -0.1) is 0 Å². The van der Waals surface area contributed by atoms with Gasteiger partial charge in [-0.1, -0.05) is 0 Å². The van der Waals surface area contributed by atoms with E-state index in [1.807, 2.05) is 0 Å². The fourth-order valence-corrected chi connectivity index (χ4v) is 0.706. The topological polar surface area (TPSA) is 66.8 Å². The van der Waals surface area contributed by atoms with Gasteiger partial charge in [-0.25, -0.2) is 0 Å². The van der Waals surface area contributed by atoms with Crippen molar-refractivity contribution in [3.8, 4) is 0 Å². The number of hydrogen-bond acceptors (Lipinski definition) is 4. The second-order valence-electron chi connectivity index (χ2n) is 2.37. The van der Waals surface area contributed by atoms with Crippen LogP contribution in [0.1, 0.15) is 12.8 Å². The number of aldehydes is 1. The molecule has 0 saturated heterocycles. The van der Waals surface area contributed by atoms with E-state index in [-0.39, 0.29) is 6.42 Å². The van der Waals surface area contributed by atoms with E-state index in [1.54, 1.807) is 0 Å². The van der Waals surface area contributed by atoms with Gasteiger partial charge in [0.25, 0.3) is 0 Å². The number of aliphatic hydroxyl groups is 2. The van der Waals surface area contributed by atoms with Crippen LogP contribution in [0.5, 0.6) is 0 Å². The van der Waals surface area contributed by atoms with E-state index in [0.29, 0.717) is 19.3 Å². The van der Waals surface area contributed by atoms with Crippen molar-refractivity contribution in [2.24, 2.45) is 0 Å². The standard InChI is InChI=1S/C7H14O4/c1-11-3-2-6(9)4-7(10)5-8/h5-7,9-10H,2-4H2,1H3/t6-,7-/m1/s1. The Kier molecular flexibility index (Phi) is 6.02. The molecule has 0 spiro atoms. The minimum atomic E-state index is -1.05. The van der Waals surface area contributed by atoms with E-state index >= 15 is 0 Å². The van der Waals surface area contributed by atoms with Crippen LogP contribution in [-0.4, -0.2) is 42.4 Å². The average Bonchev–Trinajstić information content (AvgIpc) is 2.00. The molecule has 0 aliphatic heterocycles. The van der Waals surface area contributed by atoms with Gasteiger partial charge in [-0.2, -0.15) is 0 Å². The molecule has 0 unspecified atom stereocenters. The van der Waals surface area contributed by atoms with Crippen molar-refractivity contribution in [2.45, 2.75) is 25.0 Å². The Bertz CT molecular complexity index is 105. The number of hydrogen-bond donors (Lipinski definition) is 2. The fraction of sp³-hybridized carbons (Fsp3) is 0.857. The van der Waals surface area contributed by atoms with E-state index in [4.69, 9.17) is 14.9 Å². The van der Waals surface area contributed by atoms with Crippen LogP contribution in [0.2, 0.25) is 0 Å². The van der Waals surface area contributed by atoms with Crippen molar-refractivity contribution in [3.05, 3.63) is 0 Å². The van der Waals surface area contributed by atoms with Crippen LogP contribution in [-0.2, 0) is 9.53 Å². The Labute approximate surface area is 65.8 Å². The minimum Gasteiger partial charge on any atom is -0.393 e. The third kappa shape index (κ3) is 5.97. The molecule has 0 saturated carbocycles. The summed E-state index contributed by atoms with van der Waals surface area (Å²) in [5, 5.41) is 17.8. The monoisotopic (exact) mass is 162 g/mol. The molecule has 0 aliphatic rings. The minimum absolute atomic E-state index is 0.0901. The lowest BCUT2D eigenvalue weighted by Crippen LogP contribution is -2.19. The third-order valence-corrected chi connectivity index (χ3v) is 1.33. The first-order valence-corrected chi connectivity index (χ1v) is 3.51. The first-order valence-electron chi connectivity index (χ1n) is 3.51. The third-order valence-electron chi connectivity index (χ3n) is 1.33. The van der Waals surface area contributed by atoms with Crippen molar-refractivity contribution < 1.29 is 19.7 Å². The zero-order valence-electron chi connectivity index (χ0n) is 6.56. The molecule has 66 valence electrons. The van der Waals surface area contributed by atoms with E-state index in [2.05, 4.69) is 0 Å². The molecule has 0 aromatic rings. The zero-order valence-corrected chi connectivity index (χ0v) is 6.56. The van der Waals surface area contributed by atoms with Gasteiger partial charge in [0, 0.05) is 20.1 Å². The summed E-state index contributed by atoms with van der Waals surface area (Å²) in [5.74, 6) is 0. The number of methoxy groups -OCH3 is 1. The van der Waals surface area contributed by atoms with Crippen molar-refractivity contribution in [3.63, 3.8) is 0 Å². The van der Waals surface area contributed by atoms with Crippen molar-refractivity contribution in [1.29, 1.82) is 0 Å². The quantitative estimate of drug-likeness (QED) is 0.508. The zero-order chi connectivity index (χ0) is 8.69. The molecular formula is C7H14O4. The summed E-state index contributed by atoms with van der Waals surface area (Å²) in [4.78, 5) is 9.92. The number of carbonyl (C=O) groups excluding carboxylic acids is 1. The largest absolute Gasteiger partial charge is 0.393 e. The van der Waals surface area contributed by atoms with Gasteiger partial charge in [0.15, 0.2) is 0 Å². The molecule has 2 N–H and O–H groups in total. The summed E-state index contributed by atoms with van der Waals surface area (Å²) in [6, 6.07) is 0. The molecule has 0 heterocycles. The fourth-order valence-electron chi connectivity index (χ4n) is 0.706. The van der Waals surface area contributed by atoms with E-state index in [1.165, 1.54) is 7.11 Å². The van der Waals surface area contributed by atoms with Gasteiger partial charge in [0.05, 0.1) is 6.10 Å². The number of rotatable bonds is 6. The first kappa shape index (κ1) is 10.6. The molecular weight excluding hydrogens is 148 g/mol. The lowest BCUT2D eigenvalue weighted by molar-refractivity contribution is -0.116. The summed E-state index contributed by atoms with van der Waals surface area (Å²) >= 11 is 0. The molecule has 4 heteroatoms.